The Balaban J connectivity index is 1.67. The molecule has 9 heteroatoms. The number of benzene rings is 1. The topological polar surface area (TPSA) is 157 Å². The van der Waals surface area contributed by atoms with E-state index < -0.39 is 41.8 Å². The van der Waals surface area contributed by atoms with E-state index in [9.17, 15) is 29.4 Å². The lowest BCUT2D eigenvalue weighted by atomic mass is 9.67. The quantitative estimate of drug-likeness (QED) is 0.540. The number of aliphatic hydroxyl groups excluding tert-OH is 1. The second-order valence-corrected chi connectivity index (χ2v) is 8.95. The molecule has 34 heavy (non-hydrogen) atoms. The van der Waals surface area contributed by atoms with Crippen LogP contribution in [-0.4, -0.2) is 52.2 Å². The van der Waals surface area contributed by atoms with E-state index >= 15 is 0 Å². The Bertz CT molecular complexity index is 1180. The highest BCUT2D eigenvalue weighted by Crippen LogP contribution is 2.43. The number of nitrogens with two attached hydrogens (primary N) is 1. The summed E-state index contributed by atoms with van der Waals surface area (Å²) in [4.78, 5) is 53.9. The molecule has 1 fully saturated rings. The minimum atomic E-state index is -1.52. The molecule has 4 atom stereocenters. The van der Waals surface area contributed by atoms with Gasteiger partial charge in [0.05, 0.1) is 19.3 Å². The van der Waals surface area contributed by atoms with Crippen LogP contribution in [0.15, 0.2) is 30.6 Å². The Morgan fingerprint density at radius 3 is 2.59 bits per heavy atom. The standard InChI is InChI=1S/C25H26N2O7/c1-34-21-4-5-27-10-16(21)14-2-3-18(29)22-15(14)7-12(8-19(22)30)6-13-9-20(31)23(25(26)33)24(32)17(13)11-28/h2-5,10,12-13,17,23,28-29H,6-9,11H2,1H3,(H2,26,33). The van der Waals surface area contributed by atoms with Crippen LogP contribution in [0.3, 0.4) is 0 Å². The van der Waals surface area contributed by atoms with Gasteiger partial charge in [0.1, 0.15) is 11.5 Å². The van der Waals surface area contributed by atoms with Gasteiger partial charge in [0.15, 0.2) is 23.3 Å². The number of hydrogen-bond acceptors (Lipinski definition) is 8. The first-order chi connectivity index (χ1) is 16.3. The van der Waals surface area contributed by atoms with E-state index in [2.05, 4.69) is 4.98 Å². The van der Waals surface area contributed by atoms with Crippen LogP contribution in [0.5, 0.6) is 11.5 Å². The zero-order chi connectivity index (χ0) is 24.6. The second-order valence-electron chi connectivity index (χ2n) is 8.95. The molecule has 4 N–H and O–H groups in total. The molecule has 0 saturated heterocycles. The molecule has 2 aliphatic carbocycles. The number of ether oxygens (including phenoxy) is 1. The zero-order valence-electron chi connectivity index (χ0n) is 18.7. The molecule has 0 spiro atoms. The van der Waals surface area contributed by atoms with Crippen molar-refractivity contribution in [3.8, 4) is 22.6 Å². The summed E-state index contributed by atoms with van der Waals surface area (Å²) < 4.78 is 5.45. The Morgan fingerprint density at radius 2 is 1.91 bits per heavy atom. The van der Waals surface area contributed by atoms with Gasteiger partial charge in [-0.25, -0.2) is 0 Å². The second kappa shape index (κ2) is 9.34. The highest BCUT2D eigenvalue weighted by molar-refractivity contribution is 6.20. The van der Waals surface area contributed by atoms with Crippen molar-refractivity contribution in [3.05, 3.63) is 41.7 Å². The molecular formula is C25H26N2O7. The molecule has 178 valence electrons. The fourth-order valence-corrected chi connectivity index (χ4v) is 5.40. The SMILES string of the molecule is COc1ccncc1-c1ccc(O)c2c1CC(CC1CC(=O)C(C(N)=O)C(=O)C1CO)CC2=O. The van der Waals surface area contributed by atoms with E-state index in [1.54, 1.807) is 24.5 Å². The minimum Gasteiger partial charge on any atom is -0.507 e. The molecule has 1 heterocycles. The monoisotopic (exact) mass is 466 g/mol. The number of methoxy groups -OCH3 is 1. The fourth-order valence-electron chi connectivity index (χ4n) is 5.40. The Kier molecular flexibility index (Phi) is 6.47. The van der Waals surface area contributed by atoms with Crippen LogP contribution in [0.1, 0.15) is 35.2 Å². The predicted molar refractivity (Wildman–Crippen MR) is 120 cm³/mol. The molecule has 1 aromatic heterocycles. The molecular weight excluding hydrogens is 440 g/mol. The van der Waals surface area contributed by atoms with Crippen molar-refractivity contribution in [1.82, 2.24) is 4.98 Å². The number of ketones is 3. The molecule has 1 amide bonds. The van der Waals surface area contributed by atoms with Gasteiger partial charge in [0.25, 0.3) is 0 Å². The zero-order valence-corrected chi connectivity index (χ0v) is 18.7. The normalized spacial score (nSPS) is 24.6. The van der Waals surface area contributed by atoms with E-state index in [0.29, 0.717) is 35.3 Å². The summed E-state index contributed by atoms with van der Waals surface area (Å²) in [6.45, 7) is -0.503. The van der Waals surface area contributed by atoms with E-state index in [-0.39, 0.29) is 35.9 Å². The Morgan fingerprint density at radius 1 is 1.15 bits per heavy atom. The first-order valence-electron chi connectivity index (χ1n) is 11.1. The number of nitrogens with zero attached hydrogens (tertiary/aromatic N) is 1. The van der Waals surface area contributed by atoms with Crippen LogP contribution in [0.2, 0.25) is 0 Å². The van der Waals surface area contributed by atoms with Crippen LogP contribution >= 0.6 is 0 Å². The molecule has 2 aromatic rings. The number of rotatable bonds is 6. The van der Waals surface area contributed by atoms with Crippen LogP contribution < -0.4 is 10.5 Å². The minimum absolute atomic E-state index is 0.0640. The summed E-state index contributed by atoms with van der Waals surface area (Å²) in [6.07, 6.45) is 4.03. The molecule has 4 rings (SSSR count). The van der Waals surface area contributed by atoms with Crippen LogP contribution in [0, 0.1) is 23.7 Å². The largest absolute Gasteiger partial charge is 0.507 e. The average Bonchev–Trinajstić information content (AvgIpc) is 2.79. The van der Waals surface area contributed by atoms with Crippen molar-refractivity contribution in [2.24, 2.45) is 29.4 Å². The number of aromatic nitrogens is 1. The molecule has 9 nitrogen and oxygen atoms in total. The number of phenolic OH excluding ortho intramolecular Hbond substituents is 1. The molecule has 2 aliphatic rings. The third-order valence-corrected chi connectivity index (χ3v) is 6.95. The van der Waals surface area contributed by atoms with E-state index in [1.165, 1.54) is 13.2 Å². The lowest BCUT2D eigenvalue weighted by Crippen LogP contribution is -2.48. The molecule has 0 aliphatic heterocycles. The van der Waals surface area contributed by atoms with Gasteiger partial charge in [0, 0.05) is 36.7 Å². The van der Waals surface area contributed by atoms with Crippen molar-refractivity contribution in [1.29, 1.82) is 0 Å². The van der Waals surface area contributed by atoms with Gasteiger partial charge in [-0.15, -0.1) is 0 Å². The maximum atomic E-state index is 13.1. The molecule has 0 bridgehead atoms. The van der Waals surface area contributed by atoms with Gasteiger partial charge in [-0.1, -0.05) is 6.07 Å². The van der Waals surface area contributed by atoms with Crippen LogP contribution in [-0.2, 0) is 20.8 Å². The third kappa shape index (κ3) is 4.07. The van der Waals surface area contributed by atoms with E-state index in [0.717, 1.165) is 0 Å². The van der Waals surface area contributed by atoms with E-state index in [1.807, 2.05) is 0 Å². The maximum absolute atomic E-state index is 13.1. The maximum Gasteiger partial charge on any atom is 0.235 e. The summed E-state index contributed by atoms with van der Waals surface area (Å²) >= 11 is 0. The fraction of sp³-hybridized carbons (Fsp3) is 0.400. The highest BCUT2D eigenvalue weighted by Gasteiger charge is 2.46. The number of carbonyl (C=O) groups excluding carboxylic acids is 4. The number of fused-ring (bicyclic) bond motifs is 1. The van der Waals surface area contributed by atoms with E-state index in [4.69, 9.17) is 10.5 Å². The number of aromatic hydroxyl groups is 1. The van der Waals surface area contributed by atoms with Gasteiger partial charge < -0.3 is 20.7 Å². The number of hydrogen-bond donors (Lipinski definition) is 3. The van der Waals surface area contributed by atoms with Gasteiger partial charge in [-0.2, -0.15) is 0 Å². The lowest BCUT2D eigenvalue weighted by molar-refractivity contribution is -0.147. The molecule has 1 saturated carbocycles. The Labute approximate surface area is 195 Å². The Hall–Kier alpha value is -3.59. The van der Waals surface area contributed by atoms with Crippen LogP contribution in [0.25, 0.3) is 11.1 Å². The molecule has 4 unspecified atom stereocenters. The lowest BCUT2D eigenvalue weighted by Gasteiger charge is -2.35. The van der Waals surface area contributed by atoms with Gasteiger partial charge in [-0.05, 0) is 47.9 Å². The first kappa shape index (κ1) is 23.6. The van der Waals surface area contributed by atoms with Crippen molar-refractivity contribution in [3.63, 3.8) is 0 Å². The number of pyridine rings is 1. The molecule has 0 radical (unpaired) electrons. The highest BCUT2D eigenvalue weighted by atomic mass is 16.5. The smallest absolute Gasteiger partial charge is 0.235 e. The summed E-state index contributed by atoms with van der Waals surface area (Å²) in [5.74, 6) is -5.13. The van der Waals surface area contributed by atoms with Crippen molar-refractivity contribution >= 4 is 23.3 Å². The van der Waals surface area contributed by atoms with Crippen molar-refractivity contribution < 1.29 is 34.1 Å². The van der Waals surface area contributed by atoms with Crippen LogP contribution in [0.4, 0.5) is 0 Å². The van der Waals surface area contributed by atoms with Crippen molar-refractivity contribution in [2.45, 2.75) is 25.7 Å². The first-order valence-corrected chi connectivity index (χ1v) is 11.1. The number of amides is 1. The third-order valence-electron chi connectivity index (χ3n) is 6.95. The van der Waals surface area contributed by atoms with Gasteiger partial charge >= 0.3 is 0 Å². The number of primary amides is 1. The number of Topliss-reactive ketones (excluding diaryl/α,β-unsaturated/α-hetero) is 3. The summed E-state index contributed by atoms with van der Waals surface area (Å²) in [6, 6.07) is 4.89. The summed E-state index contributed by atoms with van der Waals surface area (Å²) in [7, 11) is 1.53. The average molecular weight is 466 g/mol. The number of aliphatic hydroxyl groups is 1. The number of carbonyl (C=O) groups is 4. The van der Waals surface area contributed by atoms with Gasteiger partial charge in [-0.3, -0.25) is 24.2 Å². The predicted octanol–water partition coefficient (Wildman–Crippen LogP) is 1.47. The molecule has 1 aromatic carbocycles. The summed E-state index contributed by atoms with van der Waals surface area (Å²) in [5, 5.41) is 20.3. The van der Waals surface area contributed by atoms with Gasteiger partial charge in [0.2, 0.25) is 5.91 Å². The van der Waals surface area contributed by atoms with Crippen molar-refractivity contribution in [2.75, 3.05) is 13.7 Å². The summed E-state index contributed by atoms with van der Waals surface area (Å²) in [5.41, 5.74) is 7.52. The number of phenols is 1.